The van der Waals surface area contributed by atoms with Gasteiger partial charge in [0.15, 0.2) is 0 Å². The molecule has 0 saturated heterocycles. The molecule has 3 aromatic carbocycles. The fourth-order valence-corrected chi connectivity index (χ4v) is 8.03. The molecule has 12 heteroatoms. The second-order valence-corrected chi connectivity index (χ2v) is 15.5. The lowest BCUT2D eigenvalue weighted by Gasteiger charge is -2.23. The molecule has 42 heavy (non-hydrogen) atoms. The highest BCUT2D eigenvalue weighted by atomic mass is 32.2. The Balaban J connectivity index is 2.07. The molecule has 0 unspecified atom stereocenters. The Morgan fingerprint density at radius 1 is 0.643 bits per heavy atom. The summed E-state index contributed by atoms with van der Waals surface area (Å²) in [7, 11) is -12.2. The SMILES string of the molecule is CCCCCOP(=O)(OCCCCC)c1cc(NS(=O)(=O)c2ccc(C)cc2)ccc1NS(=O)(=O)c1ccc(C)cc1. The van der Waals surface area contributed by atoms with Crippen LogP contribution in [0.15, 0.2) is 76.5 Å². The number of rotatable bonds is 17. The highest BCUT2D eigenvalue weighted by Crippen LogP contribution is 2.50. The Hall–Kier alpha value is -2.69. The summed E-state index contributed by atoms with van der Waals surface area (Å²) >= 11 is 0. The maximum absolute atomic E-state index is 14.4. The molecule has 230 valence electrons. The molecule has 0 aliphatic carbocycles. The van der Waals surface area contributed by atoms with Gasteiger partial charge in [0.25, 0.3) is 20.0 Å². The summed E-state index contributed by atoms with van der Waals surface area (Å²) in [6, 6.07) is 16.7. The highest BCUT2D eigenvalue weighted by molar-refractivity contribution is 7.93. The van der Waals surface area contributed by atoms with Crippen molar-refractivity contribution in [3.63, 3.8) is 0 Å². The molecular formula is C30H41N2O7PS2. The molecule has 2 N–H and O–H groups in total. The van der Waals surface area contributed by atoms with Gasteiger partial charge in [-0.15, -0.1) is 0 Å². The monoisotopic (exact) mass is 636 g/mol. The normalized spacial score (nSPS) is 12.3. The zero-order chi connectivity index (χ0) is 30.8. The molecule has 0 aliphatic rings. The summed E-state index contributed by atoms with van der Waals surface area (Å²) < 4.78 is 84.1. The van der Waals surface area contributed by atoms with Gasteiger partial charge >= 0.3 is 7.60 Å². The summed E-state index contributed by atoms with van der Waals surface area (Å²) in [6.07, 6.45) is 4.79. The van der Waals surface area contributed by atoms with Crippen molar-refractivity contribution >= 4 is 44.3 Å². The van der Waals surface area contributed by atoms with Crippen LogP contribution in [0.2, 0.25) is 0 Å². The van der Waals surface area contributed by atoms with Gasteiger partial charge in [-0.05, 0) is 69.2 Å². The maximum Gasteiger partial charge on any atom is 0.363 e. The van der Waals surface area contributed by atoms with Crippen molar-refractivity contribution in [2.45, 2.75) is 76.0 Å². The van der Waals surface area contributed by atoms with Crippen LogP contribution in [0.25, 0.3) is 0 Å². The van der Waals surface area contributed by atoms with Crippen molar-refractivity contribution in [2.75, 3.05) is 22.7 Å². The quantitative estimate of drug-likeness (QED) is 0.119. The van der Waals surface area contributed by atoms with E-state index in [-0.39, 0.29) is 39.7 Å². The fourth-order valence-electron chi connectivity index (χ4n) is 4.01. The van der Waals surface area contributed by atoms with Crippen LogP contribution in [0.1, 0.15) is 63.5 Å². The number of sulfonamides is 2. The Morgan fingerprint density at radius 3 is 1.55 bits per heavy atom. The lowest BCUT2D eigenvalue weighted by atomic mass is 10.2. The molecule has 0 saturated carbocycles. The van der Waals surface area contributed by atoms with E-state index in [0.29, 0.717) is 12.8 Å². The Labute approximate surface area is 250 Å². The molecule has 0 amide bonds. The minimum absolute atomic E-state index is 0.0192. The summed E-state index contributed by atoms with van der Waals surface area (Å²) in [5.74, 6) is 0. The van der Waals surface area contributed by atoms with Crippen molar-refractivity contribution in [3.8, 4) is 0 Å². The number of benzene rings is 3. The van der Waals surface area contributed by atoms with Gasteiger partial charge in [-0.3, -0.25) is 14.0 Å². The number of unbranched alkanes of at least 4 members (excludes halogenated alkanes) is 4. The maximum atomic E-state index is 14.4. The van der Waals surface area contributed by atoms with Crippen molar-refractivity contribution in [2.24, 2.45) is 0 Å². The standard InChI is InChI=1S/C30H41N2O7PS2/c1-5-7-9-21-38-40(33,39-22-10-8-6-2)30-23-26(31-41(34,35)27-16-11-24(3)12-17-27)15-20-29(30)32-42(36,37)28-18-13-25(4)14-19-28/h11-20,23,31-32H,5-10,21-22H2,1-4H3. The molecule has 9 nitrogen and oxygen atoms in total. The number of anilines is 2. The first-order valence-electron chi connectivity index (χ1n) is 14.1. The third-order valence-electron chi connectivity index (χ3n) is 6.47. The molecule has 3 rings (SSSR count). The van der Waals surface area contributed by atoms with Gasteiger partial charge in [-0.25, -0.2) is 16.8 Å². The Morgan fingerprint density at radius 2 is 1.10 bits per heavy atom. The summed E-state index contributed by atoms with van der Waals surface area (Å²) in [5.41, 5.74) is 1.86. The van der Waals surface area contributed by atoms with Gasteiger partial charge < -0.3 is 9.05 Å². The van der Waals surface area contributed by atoms with E-state index in [1.807, 2.05) is 27.7 Å². The largest absolute Gasteiger partial charge is 0.363 e. The number of aryl methyl sites for hydroxylation is 2. The Bertz CT molecular complexity index is 1560. The number of hydrogen-bond acceptors (Lipinski definition) is 7. The third kappa shape index (κ3) is 9.41. The predicted octanol–water partition coefficient (Wildman–Crippen LogP) is 7.14. The molecule has 0 spiro atoms. The Kier molecular flexibility index (Phi) is 12.2. The van der Waals surface area contributed by atoms with Crippen LogP contribution in [0.5, 0.6) is 0 Å². The predicted molar refractivity (Wildman–Crippen MR) is 169 cm³/mol. The number of hydrogen-bond donors (Lipinski definition) is 2. The van der Waals surface area contributed by atoms with Gasteiger partial charge in [0.2, 0.25) is 0 Å². The van der Waals surface area contributed by atoms with E-state index < -0.39 is 27.6 Å². The molecule has 0 aromatic heterocycles. The van der Waals surface area contributed by atoms with E-state index in [2.05, 4.69) is 9.44 Å². The summed E-state index contributed by atoms with van der Waals surface area (Å²) in [4.78, 5) is 0.0689. The smallest absolute Gasteiger partial charge is 0.305 e. The van der Waals surface area contributed by atoms with Crippen molar-refractivity contribution in [3.05, 3.63) is 77.9 Å². The van der Waals surface area contributed by atoms with Gasteiger partial charge in [-0.2, -0.15) is 0 Å². The van der Waals surface area contributed by atoms with Crippen molar-refractivity contribution in [1.82, 2.24) is 0 Å². The molecule has 0 aliphatic heterocycles. The average molecular weight is 637 g/mol. The van der Waals surface area contributed by atoms with E-state index in [4.69, 9.17) is 9.05 Å². The molecule has 0 bridgehead atoms. The molecule has 3 aromatic rings. The van der Waals surface area contributed by atoms with E-state index >= 15 is 0 Å². The van der Waals surface area contributed by atoms with E-state index in [1.165, 1.54) is 42.5 Å². The fraction of sp³-hybridized carbons (Fsp3) is 0.400. The lowest BCUT2D eigenvalue weighted by molar-refractivity contribution is 0.207. The van der Waals surface area contributed by atoms with Crippen molar-refractivity contribution in [1.29, 1.82) is 0 Å². The van der Waals surface area contributed by atoms with Crippen LogP contribution >= 0.6 is 7.60 Å². The average Bonchev–Trinajstić information content (AvgIpc) is 2.94. The summed E-state index contributed by atoms with van der Waals surface area (Å²) in [5, 5.41) is -0.0738. The van der Waals surface area contributed by atoms with E-state index in [1.54, 1.807) is 24.3 Å². The van der Waals surface area contributed by atoms with Gasteiger partial charge in [0, 0.05) is 5.69 Å². The summed E-state index contributed by atoms with van der Waals surface area (Å²) in [6.45, 7) is 8.01. The molecular weight excluding hydrogens is 595 g/mol. The van der Waals surface area contributed by atoms with Crippen molar-refractivity contribution < 1.29 is 30.4 Å². The van der Waals surface area contributed by atoms with E-state index in [0.717, 1.165) is 36.8 Å². The van der Waals surface area contributed by atoms with E-state index in [9.17, 15) is 21.4 Å². The van der Waals surface area contributed by atoms with Gasteiger partial charge in [-0.1, -0.05) is 74.9 Å². The van der Waals surface area contributed by atoms with Gasteiger partial charge in [0.05, 0.1) is 34.0 Å². The zero-order valence-corrected chi connectivity index (χ0v) is 27.2. The van der Waals surface area contributed by atoms with Crippen LogP contribution in [0.4, 0.5) is 11.4 Å². The second-order valence-electron chi connectivity index (χ2n) is 10.1. The molecule has 0 fully saturated rings. The van der Waals surface area contributed by atoms with Crippen LogP contribution in [-0.2, 0) is 33.7 Å². The van der Waals surface area contributed by atoms with Gasteiger partial charge in [0.1, 0.15) is 0 Å². The van der Waals surface area contributed by atoms with Crippen LogP contribution < -0.4 is 14.7 Å². The molecule has 0 heterocycles. The minimum atomic E-state index is -4.11. The van der Waals surface area contributed by atoms with Crippen LogP contribution in [0.3, 0.4) is 0 Å². The zero-order valence-electron chi connectivity index (χ0n) is 24.6. The van der Waals surface area contributed by atoms with Crippen LogP contribution in [-0.4, -0.2) is 30.0 Å². The topological polar surface area (TPSA) is 128 Å². The number of nitrogens with one attached hydrogen (secondary N) is 2. The first kappa shape index (κ1) is 33.8. The highest BCUT2D eigenvalue weighted by Gasteiger charge is 2.33. The minimum Gasteiger partial charge on any atom is -0.305 e. The second kappa shape index (κ2) is 15.2. The lowest BCUT2D eigenvalue weighted by Crippen LogP contribution is -2.22. The van der Waals surface area contributed by atoms with Crippen LogP contribution in [0, 0.1) is 13.8 Å². The third-order valence-corrected chi connectivity index (χ3v) is 11.3. The molecule has 0 radical (unpaired) electrons. The molecule has 0 atom stereocenters. The first-order valence-corrected chi connectivity index (χ1v) is 18.6. The first-order chi connectivity index (χ1) is 19.9.